The van der Waals surface area contributed by atoms with Gasteiger partial charge < -0.3 is 0 Å². The summed E-state index contributed by atoms with van der Waals surface area (Å²) in [7, 11) is 0. The molecule has 7 heavy (non-hydrogen) atoms. The van der Waals surface area contributed by atoms with Gasteiger partial charge in [-0.25, -0.2) is 0 Å². The van der Waals surface area contributed by atoms with Gasteiger partial charge in [0.05, 0.1) is 6.67 Å². The average Bonchev–Trinajstić information content (AvgIpc) is 1.68. The zero-order valence-electron chi connectivity index (χ0n) is 4.74. The van der Waals surface area contributed by atoms with E-state index in [0.29, 0.717) is 0 Å². The zero-order valence-corrected chi connectivity index (χ0v) is 4.74. The van der Waals surface area contributed by atoms with Gasteiger partial charge in [0, 0.05) is 5.41 Å². The highest BCUT2D eigenvalue weighted by molar-refractivity contribution is 4.84. The molecule has 0 aliphatic rings. The van der Waals surface area contributed by atoms with Gasteiger partial charge in [0.25, 0.3) is 0 Å². The number of hydrogen-bond acceptors (Lipinski definition) is 0. The van der Waals surface area contributed by atoms with E-state index in [4.69, 9.17) is 6.58 Å². The van der Waals surface area contributed by atoms with E-state index in [0.717, 1.165) is 0 Å². The predicted octanol–water partition coefficient (Wildman–Crippen LogP) is 1.97. The maximum Gasteiger partial charge on any atom is 0.0979 e. The Morgan fingerprint density at radius 3 is 2.14 bits per heavy atom. The van der Waals surface area contributed by atoms with Gasteiger partial charge in [-0.05, 0) is 0 Å². The molecule has 0 nitrogen and oxygen atoms in total. The summed E-state index contributed by atoms with van der Waals surface area (Å²) >= 11 is 0. The van der Waals surface area contributed by atoms with E-state index in [2.05, 4.69) is 0 Å². The van der Waals surface area contributed by atoms with E-state index in [1.165, 1.54) is 6.08 Å². The number of alkyl halides is 1. The number of rotatable bonds is 2. The summed E-state index contributed by atoms with van der Waals surface area (Å²) in [6.45, 7) is 8.15. The normalized spacial score (nSPS) is 11.3. The first-order chi connectivity index (χ1) is 3.12. The fourth-order valence-electron chi connectivity index (χ4n) is 0.0445. The minimum absolute atomic E-state index is 0.385. The van der Waals surface area contributed by atoms with Crippen LogP contribution in [0.4, 0.5) is 4.39 Å². The molecular formula is C6H10F. The minimum atomic E-state index is -0.431. The molecular weight excluding hydrogens is 91.1 g/mol. The Labute approximate surface area is 44.0 Å². The minimum Gasteiger partial charge on any atom is -0.250 e. The molecule has 0 aromatic heterocycles. The number of halogens is 1. The smallest absolute Gasteiger partial charge is 0.0979 e. The molecule has 0 bridgehead atoms. The van der Waals surface area contributed by atoms with Crippen molar-refractivity contribution in [1.82, 2.24) is 0 Å². The van der Waals surface area contributed by atoms with E-state index < -0.39 is 5.41 Å². The number of hydrogen-bond donors (Lipinski definition) is 0. The van der Waals surface area contributed by atoms with Crippen LogP contribution in [0.25, 0.3) is 0 Å². The molecule has 0 aromatic carbocycles. The molecule has 0 atom stereocenters. The molecule has 0 spiro atoms. The van der Waals surface area contributed by atoms with E-state index in [-0.39, 0.29) is 6.67 Å². The number of allylic oxidation sites excluding steroid dienone is 1. The topological polar surface area (TPSA) is 0 Å². The highest BCUT2D eigenvalue weighted by Crippen LogP contribution is 2.14. The van der Waals surface area contributed by atoms with Crippen LogP contribution >= 0.6 is 0 Å². The predicted molar refractivity (Wildman–Crippen MR) is 28.6 cm³/mol. The Bertz CT molecular complexity index is 64.6. The molecule has 0 N–H and O–H groups in total. The van der Waals surface area contributed by atoms with Crippen molar-refractivity contribution in [3.8, 4) is 0 Å². The molecule has 41 valence electrons. The first-order valence-electron chi connectivity index (χ1n) is 2.24. The monoisotopic (exact) mass is 101 g/mol. The third-order valence-corrected chi connectivity index (χ3v) is 0.796. The van der Waals surface area contributed by atoms with Crippen molar-refractivity contribution in [3.63, 3.8) is 0 Å². The Morgan fingerprint density at radius 2 is 2.14 bits per heavy atom. The summed E-state index contributed by atoms with van der Waals surface area (Å²) in [5.41, 5.74) is -0.431. The summed E-state index contributed by atoms with van der Waals surface area (Å²) in [5.74, 6) is 0. The largest absolute Gasteiger partial charge is 0.250 e. The van der Waals surface area contributed by atoms with Gasteiger partial charge in [-0.3, -0.25) is 4.39 Å². The molecule has 0 aromatic rings. The molecule has 0 fully saturated rings. The first-order valence-corrected chi connectivity index (χ1v) is 2.24. The first kappa shape index (κ1) is 6.67. The quantitative estimate of drug-likeness (QED) is 0.499. The second-order valence-corrected chi connectivity index (χ2v) is 2.29. The summed E-state index contributed by atoms with van der Waals surface area (Å²) < 4.78 is 11.7. The molecule has 1 radical (unpaired) electrons. The fraction of sp³-hybridized carbons (Fsp3) is 0.667. The molecule has 0 unspecified atom stereocenters. The third kappa shape index (κ3) is 2.38. The lowest BCUT2D eigenvalue weighted by Gasteiger charge is -2.11. The Morgan fingerprint density at radius 1 is 1.71 bits per heavy atom. The van der Waals surface area contributed by atoms with E-state index >= 15 is 0 Å². The standard InChI is InChI=1S/C6H10F/c1-4-6(2,3)5-7/h1,4H,5H2,2-3H3. The lowest BCUT2D eigenvalue weighted by atomic mass is 9.96. The SMILES string of the molecule is [CH]=CC(C)(C)CF. The van der Waals surface area contributed by atoms with Crippen LogP contribution in [-0.2, 0) is 0 Å². The van der Waals surface area contributed by atoms with Crippen molar-refractivity contribution < 1.29 is 4.39 Å². The fourth-order valence-corrected chi connectivity index (χ4v) is 0.0445. The summed E-state index contributed by atoms with van der Waals surface area (Å²) in [6.07, 6.45) is 1.37. The van der Waals surface area contributed by atoms with Gasteiger partial charge >= 0.3 is 0 Å². The van der Waals surface area contributed by atoms with Gasteiger partial charge in [0.2, 0.25) is 0 Å². The average molecular weight is 101 g/mol. The third-order valence-electron chi connectivity index (χ3n) is 0.796. The molecule has 0 saturated heterocycles. The Kier molecular flexibility index (Phi) is 2.00. The molecule has 0 rings (SSSR count). The van der Waals surface area contributed by atoms with Gasteiger partial charge in [-0.2, -0.15) is 0 Å². The maximum atomic E-state index is 11.7. The Hall–Kier alpha value is -0.330. The van der Waals surface area contributed by atoms with Crippen LogP contribution < -0.4 is 0 Å². The van der Waals surface area contributed by atoms with Gasteiger partial charge in [-0.15, -0.1) is 0 Å². The molecule has 0 saturated carbocycles. The molecule has 0 aliphatic heterocycles. The van der Waals surface area contributed by atoms with Gasteiger partial charge in [-0.1, -0.05) is 26.5 Å². The Balaban J connectivity index is 3.58. The van der Waals surface area contributed by atoms with Gasteiger partial charge in [0.15, 0.2) is 0 Å². The lowest BCUT2D eigenvalue weighted by molar-refractivity contribution is 0.323. The van der Waals surface area contributed by atoms with Crippen LogP contribution in [0.1, 0.15) is 13.8 Å². The molecule has 0 aliphatic carbocycles. The highest BCUT2D eigenvalue weighted by Gasteiger charge is 2.10. The zero-order chi connectivity index (χ0) is 5.91. The van der Waals surface area contributed by atoms with Crippen molar-refractivity contribution in [3.05, 3.63) is 12.7 Å². The van der Waals surface area contributed by atoms with Crippen LogP contribution in [0.15, 0.2) is 6.08 Å². The molecule has 0 amide bonds. The molecule has 1 heteroatoms. The second kappa shape index (κ2) is 2.10. The van der Waals surface area contributed by atoms with Gasteiger partial charge in [0.1, 0.15) is 0 Å². The van der Waals surface area contributed by atoms with Crippen molar-refractivity contribution in [1.29, 1.82) is 0 Å². The van der Waals surface area contributed by atoms with E-state index in [1.54, 1.807) is 13.8 Å². The second-order valence-electron chi connectivity index (χ2n) is 2.29. The van der Waals surface area contributed by atoms with Crippen molar-refractivity contribution in [2.24, 2.45) is 5.41 Å². The highest BCUT2D eigenvalue weighted by atomic mass is 19.1. The summed E-state index contributed by atoms with van der Waals surface area (Å²) in [4.78, 5) is 0. The summed E-state index contributed by atoms with van der Waals surface area (Å²) in [6, 6.07) is 0. The van der Waals surface area contributed by atoms with Crippen molar-refractivity contribution in [2.75, 3.05) is 6.67 Å². The van der Waals surface area contributed by atoms with Crippen molar-refractivity contribution in [2.45, 2.75) is 13.8 Å². The maximum absolute atomic E-state index is 11.7. The van der Waals surface area contributed by atoms with Crippen LogP contribution in [0.3, 0.4) is 0 Å². The van der Waals surface area contributed by atoms with E-state index in [9.17, 15) is 4.39 Å². The van der Waals surface area contributed by atoms with Crippen LogP contribution in [0.2, 0.25) is 0 Å². The van der Waals surface area contributed by atoms with Crippen LogP contribution in [-0.4, -0.2) is 6.67 Å². The van der Waals surface area contributed by atoms with Crippen LogP contribution in [0, 0.1) is 12.0 Å². The summed E-state index contributed by atoms with van der Waals surface area (Å²) in [5, 5.41) is 0. The lowest BCUT2D eigenvalue weighted by Crippen LogP contribution is -2.08. The van der Waals surface area contributed by atoms with E-state index in [1.807, 2.05) is 0 Å². The van der Waals surface area contributed by atoms with Crippen LogP contribution in [0.5, 0.6) is 0 Å². The van der Waals surface area contributed by atoms with Crippen molar-refractivity contribution >= 4 is 0 Å². The molecule has 0 heterocycles.